The first-order chi connectivity index (χ1) is 20.9. The molecule has 234 valence electrons. The molecule has 11 nitrogen and oxygen atoms in total. The molecule has 44 heavy (non-hydrogen) atoms. The second kappa shape index (κ2) is 11.3. The van der Waals surface area contributed by atoms with Crippen LogP contribution in [0, 0.1) is 17.8 Å². The summed E-state index contributed by atoms with van der Waals surface area (Å²) in [6.07, 6.45) is 0.638. The van der Waals surface area contributed by atoms with Crippen molar-refractivity contribution >= 4 is 28.9 Å². The number of phenols is 1. The molecule has 2 saturated carbocycles. The number of primary amides is 1. The standard InChI is InChI=1S/C33H40N4O7/c1-36(2)27-21-15-18-14-20-22(35-19-10-12-37(13-11-19)16-17-6-4-3-5-7-17)8-9-23(38)25(20)28(39)24(18)30(41)33(21,44)31(42)26(29(27)40)32(34)43/h3-9,18-19,21,26-27,29,35,38-40,44H,10-16H2,1-2H3,(H2,34,43)/t18-,21-,26?,27-,29?,33-/m1/s1. The minimum atomic E-state index is -2.66. The number of nitrogens with one attached hydrogen (secondary N) is 1. The van der Waals surface area contributed by atoms with E-state index in [9.17, 15) is 34.8 Å². The number of likely N-dealkylation sites (tertiary alicyclic amines) is 1. The maximum absolute atomic E-state index is 14.0. The largest absolute Gasteiger partial charge is 0.507 e. The number of carbonyl (C=O) groups is 3. The molecular formula is C33H40N4O7. The summed E-state index contributed by atoms with van der Waals surface area (Å²) in [5.74, 6) is -7.44. The van der Waals surface area contributed by atoms with E-state index in [0.29, 0.717) is 5.56 Å². The summed E-state index contributed by atoms with van der Waals surface area (Å²) in [6.45, 7) is 2.71. The average Bonchev–Trinajstić information content (AvgIpc) is 2.97. The number of aliphatic hydroxyl groups excluding tert-OH is 2. The van der Waals surface area contributed by atoms with Crippen LogP contribution in [0.5, 0.6) is 5.75 Å². The van der Waals surface area contributed by atoms with Crippen molar-refractivity contribution in [2.45, 2.75) is 56.0 Å². The SMILES string of the molecule is CN(C)[C@H]1C(O)C(C(N)=O)C(=O)[C@]2(O)C(=O)C3=C(O)c4c(O)ccc(NC5CCN(Cc6ccccc6)CC5)c4C[C@@H]3C[C@H]12. The van der Waals surface area contributed by atoms with E-state index < -0.39 is 58.7 Å². The van der Waals surface area contributed by atoms with Crippen LogP contribution in [0.4, 0.5) is 5.69 Å². The lowest BCUT2D eigenvalue weighted by Crippen LogP contribution is -2.73. The summed E-state index contributed by atoms with van der Waals surface area (Å²) < 4.78 is 0. The number of nitrogens with zero attached hydrogens (tertiary/aromatic N) is 2. The minimum absolute atomic E-state index is 0.0885. The van der Waals surface area contributed by atoms with E-state index in [1.165, 1.54) is 11.6 Å². The molecular weight excluding hydrogens is 564 g/mol. The molecule has 0 radical (unpaired) electrons. The number of aromatic hydroxyl groups is 1. The van der Waals surface area contributed by atoms with Crippen LogP contribution in [0.15, 0.2) is 48.0 Å². The molecule has 1 heterocycles. The molecule has 2 aromatic rings. The van der Waals surface area contributed by atoms with Crippen LogP contribution in [0.3, 0.4) is 0 Å². The van der Waals surface area contributed by atoms with Crippen molar-refractivity contribution in [3.63, 3.8) is 0 Å². The number of amides is 1. The monoisotopic (exact) mass is 604 g/mol. The third kappa shape index (κ3) is 4.79. The number of phenolic OH excluding ortho intramolecular Hbond substituents is 1. The molecule has 1 aliphatic heterocycles. The van der Waals surface area contributed by atoms with Gasteiger partial charge in [-0.15, -0.1) is 0 Å². The molecule has 6 atom stereocenters. The predicted molar refractivity (Wildman–Crippen MR) is 162 cm³/mol. The summed E-state index contributed by atoms with van der Waals surface area (Å²) in [7, 11) is 3.27. The lowest BCUT2D eigenvalue weighted by atomic mass is 9.54. The summed E-state index contributed by atoms with van der Waals surface area (Å²) in [4.78, 5) is 43.7. The van der Waals surface area contributed by atoms with Gasteiger partial charge >= 0.3 is 0 Å². The van der Waals surface area contributed by atoms with E-state index >= 15 is 0 Å². The van der Waals surface area contributed by atoms with Crippen LogP contribution in [0.25, 0.3) is 5.76 Å². The van der Waals surface area contributed by atoms with Gasteiger partial charge in [0, 0.05) is 48.9 Å². The molecule has 11 heteroatoms. The highest BCUT2D eigenvalue weighted by molar-refractivity contribution is 6.25. The van der Waals surface area contributed by atoms with Gasteiger partial charge in [-0.05, 0) is 69.0 Å². The Labute approximate surface area is 256 Å². The van der Waals surface area contributed by atoms with Crippen LogP contribution in [-0.2, 0) is 27.3 Å². The number of fused-ring (bicyclic) bond motifs is 3. The quantitative estimate of drug-likeness (QED) is 0.208. The zero-order chi connectivity index (χ0) is 31.5. The number of likely N-dealkylation sites (N-methyl/N-ethyl adjacent to an activating group) is 1. The summed E-state index contributed by atoms with van der Waals surface area (Å²) in [6, 6.07) is 12.8. The number of hydrogen-bond donors (Lipinski definition) is 6. The molecule has 1 amide bonds. The molecule has 3 aliphatic carbocycles. The summed E-state index contributed by atoms with van der Waals surface area (Å²) in [5, 5.41) is 48.8. The van der Waals surface area contributed by atoms with Gasteiger partial charge in [0.15, 0.2) is 11.4 Å². The Morgan fingerprint density at radius 1 is 1.09 bits per heavy atom. The second-order valence-corrected chi connectivity index (χ2v) is 13.0. The lowest BCUT2D eigenvalue weighted by Gasteiger charge is -2.53. The Hall–Kier alpha value is -3.77. The third-order valence-electron chi connectivity index (χ3n) is 10.2. The number of anilines is 1. The maximum Gasteiger partial charge on any atom is 0.230 e. The number of Topliss-reactive ketones (excluding diaryl/α,β-unsaturated/α-hetero) is 2. The fourth-order valence-corrected chi connectivity index (χ4v) is 8.04. The second-order valence-electron chi connectivity index (χ2n) is 13.0. The summed E-state index contributed by atoms with van der Waals surface area (Å²) >= 11 is 0. The minimum Gasteiger partial charge on any atom is -0.507 e. The smallest absolute Gasteiger partial charge is 0.230 e. The fraction of sp³-hybridized carbons (Fsp3) is 0.485. The number of aliphatic hydroxyl groups is 3. The van der Waals surface area contributed by atoms with Crippen molar-refractivity contribution in [3.05, 3.63) is 64.7 Å². The highest BCUT2D eigenvalue weighted by Crippen LogP contribution is 2.53. The van der Waals surface area contributed by atoms with Crippen molar-refractivity contribution in [1.82, 2.24) is 9.80 Å². The van der Waals surface area contributed by atoms with E-state index in [2.05, 4.69) is 22.3 Å². The highest BCUT2D eigenvalue weighted by atomic mass is 16.3. The van der Waals surface area contributed by atoms with Crippen LogP contribution < -0.4 is 11.1 Å². The Kier molecular flexibility index (Phi) is 7.77. The molecule has 0 bridgehead atoms. The third-order valence-corrected chi connectivity index (χ3v) is 10.2. The first kappa shape index (κ1) is 30.3. The molecule has 2 unspecified atom stereocenters. The van der Waals surface area contributed by atoms with Crippen molar-refractivity contribution in [2.75, 3.05) is 32.5 Å². The first-order valence-corrected chi connectivity index (χ1v) is 15.2. The molecule has 1 saturated heterocycles. The normalized spacial score (nSPS) is 31.0. The van der Waals surface area contributed by atoms with Crippen molar-refractivity contribution in [3.8, 4) is 5.75 Å². The van der Waals surface area contributed by atoms with Gasteiger partial charge in [0.2, 0.25) is 11.7 Å². The topological polar surface area (TPSA) is 177 Å². The zero-order valence-corrected chi connectivity index (χ0v) is 24.9. The highest BCUT2D eigenvalue weighted by Gasteiger charge is 2.67. The molecule has 2 aromatic carbocycles. The van der Waals surface area contributed by atoms with E-state index in [1.54, 1.807) is 25.1 Å². The lowest BCUT2D eigenvalue weighted by molar-refractivity contribution is -0.184. The fourth-order valence-electron chi connectivity index (χ4n) is 8.04. The van der Waals surface area contributed by atoms with Gasteiger partial charge in [0.1, 0.15) is 17.4 Å². The number of rotatable bonds is 6. The maximum atomic E-state index is 14.0. The number of piperidine rings is 1. The van der Waals surface area contributed by atoms with Crippen LogP contribution >= 0.6 is 0 Å². The van der Waals surface area contributed by atoms with E-state index in [0.717, 1.165) is 38.2 Å². The van der Waals surface area contributed by atoms with Crippen LogP contribution in [0.2, 0.25) is 0 Å². The zero-order valence-electron chi connectivity index (χ0n) is 24.9. The Morgan fingerprint density at radius 2 is 1.77 bits per heavy atom. The van der Waals surface area contributed by atoms with Crippen molar-refractivity contribution in [1.29, 1.82) is 0 Å². The molecule has 0 aromatic heterocycles. The van der Waals surface area contributed by atoms with Gasteiger partial charge in [-0.25, -0.2) is 0 Å². The molecule has 7 N–H and O–H groups in total. The number of nitrogens with two attached hydrogens (primary N) is 1. The van der Waals surface area contributed by atoms with Gasteiger partial charge < -0.3 is 36.4 Å². The van der Waals surface area contributed by atoms with Gasteiger partial charge in [-0.1, -0.05) is 30.3 Å². The van der Waals surface area contributed by atoms with Crippen LogP contribution in [-0.4, -0.2) is 98.7 Å². The van der Waals surface area contributed by atoms with Crippen molar-refractivity contribution < 1.29 is 34.8 Å². The van der Waals surface area contributed by atoms with Crippen molar-refractivity contribution in [2.24, 2.45) is 23.5 Å². The molecule has 6 rings (SSSR count). The van der Waals surface area contributed by atoms with Gasteiger partial charge in [0.05, 0.1) is 11.7 Å². The summed E-state index contributed by atoms with van der Waals surface area (Å²) in [5.41, 5.74) is 5.40. The first-order valence-electron chi connectivity index (χ1n) is 15.2. The van der Waals surface area contributed by atoms with E-state index in [4.69, 9.17) is 5.73 Å². The number of hydrogen-bond acceptors (Lipinski definition) is 10. The molecule has 0 spiro atoms. The predicted octanol–water partition coefficient (Wildman–Crippen LogP) is 1.21. The molecule has 4 aliphatic rings. The Morgan fingerprint density at radius 3 is 2.41 bits per heavy atom. The van der Waals surface area contributed by atoms with Gasteiger partial charge in [-0.3, -0.25) is 19.3 Å². The molecule has 3 fully saturated rings. The number of carbonyl (C=O) groups excluding carboxylic acids is 3. The van der Waals surface area contributed by atoms with E-state index in [1.807, 2.05) is 18.2 Å². The van der Waals surface area contributed by atoms with Gasteiger partial charge in [0.25, 0.3) is 0 Å². The Bertz CT molecular complexity index is 1520. The Balaban J connectivity index is 1.29. The average molecular weight is 605 g/mol. The number of benzene rings is 2. The van der Waals surface area contributed by atoms with E-state index in [-0.39, 0.29) is 35.8 Å². The van der Waals surface area contributed by atoms with Crippen LogP contribution in [0.1, 0.15) is 36.0 Å². The van der Waals surface area contributed by atoms with Gasteiger partial charge in [-0.2, -0.15) is 0 Å². The number of ketones is 2.